The molecule has 1 saturated carbocycles. The number of carbonyl (C=O) groups is 1. The van der Waals surface area contributed by atoms with Crippen LogP contribution in [-0.2, 0) is 31.3 Å². The fourth-order valence-electron chi connectivity index (χ4n) is 5.98. The van der Waals surface area contributed by atoms with Crippen LogP contribution in [0.25, 0.3) is 22.0 Å². The third-order valence-electron chi connectivity index (χ3n) is 8.69. The van der Waals surface area contributed by atoms with Crippen LogP contribution in [0.1, 0.15) is 109 Å². The monoisotopic (exact) mass is 769 g/mol. The van der Waals surface area contributed by atoms with Crippen molar-refractivity contribution in [2.45, 2.75) is 111 Å². The molecule has 3 aromatic rings. The van der Waals surface area contributed by atoms with Crippen LogP contribution in [0.4, 0.5) is 8.78 Å². The van der Waals surface area contributed by atoms with Crippen molar-refractivity contribution in [3.05, 3.63) is 77.7 Å². The normalized spacial score (nSPS) is 14.1. The van der Waals surface area contributed by atoms with Gasteiger partial charge >= 0.3 is 0 Å². The number of hydrogen-bond acceptors (Lipinski definition) is 3. The standard InChI is InChI=1S/C24H24F2N.C13H24O2.Ir/c25-24(26)11-10-17-12-13-27-23(14-17)20-15-19-8-4-5-9-21(19)22(16-20)18-6-2-1-3-7-18;1-5-10(6-2)12(14)9-13(15)11(7-3)8-4;/h4-5,8-9,12-14,16,18,24H,1-3,6-7,10-11H2;9-11,14H,5-8H2,1-4H3;/q-1;;/b;12-9-;. The zero-order chi connectivity index (χ0) is 30.5. The van der Waals surface area contributed by atoms with E-state index >= 15 is 0 Å². The van der Waals surface area contributed by atoms with Crippen LogP contribution in [0.3, 0.4) is 0 Å². The van der Waals surface area contributed by atoms with Crippen molar-refractivity contribution in [1.29, 1.82) is 0 Å². The van der Waals surface area contributed by atoms with Crippen LogP contribution < -0.4 is 0 Å². The van der Waals surface area contributed by atoms with E-state index in [1.807, 2.05) is 45.9 Å². The molecule has 0 bridgehead atoms. The Kier molecular flexibility index (Phi) is 16.3. The number of aryl methyl sites for hydroxylation is 1. The van der Waals surface area contributed by atoms with Gasteiger partial charge in [0.25, 0.3) is 0 Å². The number of rotatable bonds is 12. The van der Waals surface area contributed by atoms with Crippen molar-refractivity contribution < 1.29 is 38.8 Å². The van der Waals surface area contributed by atoms with Gasteiger partial charge in [-0.05, 0) is 56.9 Å². The third kappa shape index (κ3) is 10.9. The van der Waals surface area contributed by atoms with Gasteiger partial charge in [-0.25, -0.2) is 8.78 Å². The van der Waals surface area contributed by atoms with E-state index < -0.39 is 6.43 Å². The molecule has 0 atom stereocenters. The van der Waals surface area contributed by atoms with Crippen LogP contribution in [0.15, 0.2) is 60.5 Å². The summed E-state index contributed by atoms with van der Waals surface area (Å²) in [6.45, 7) is 8.07. The maximum Gasteiger partial charge on any atom is 0.239 e. The zero-order valence-electron chi connectivity index (χ0n) is 26.2. The Labute approximate surface area is 270 Å². The van der Waals surface area contributed by atoms with Crippen molar-refractivity contribution in [2.75, 3.05) is 0 Å². The Morgan fingerprint density at radius 3 is 2.26 bits per heavy atom. The molecule has 0 unspecified atom stereocenters. The smallest absolute Gasteiger partial charge is 0.239 e. The fraction of sp³-hybridized carbons (Fsp3) is 0.514. The first-order chi connectivity index (χ1) is 20.3. The van der Waals surface area contributed by atoms with Gasteiger partial charge in [0.1, 0.15) is 0 Å². The number of carbonyl (C=O) groups excluding carboxylic acids is 1. The van der Waals surface area contributed by atoms with Gasteiger partial charge < -0.3 is 5.11 Å². The number of pyridine rings is 1. The van der Waals surface area contributed by atoms with Gasteiger partial charge in [0.15, 0.2) is 5.78 Å². The fourth-order valence-corrected chi connectivity index (χ4v) is 5.98. The van der Waals surface area contributed by atoms with Crippen LogP contribution in [0, 0.1) is 17.9 Å². The van der Waals surface area contributed by atoms with Crippen molar-refractivity contribution in [2.24, 2.45) is 11.8 Å². The summed E-state index contributed by atoms with van der Waals surface area (Å²) in [6.07, 6.45) is 11.0. The Balaban J connectivity index is 0.000000348. The zero-order valence-corrected chi connectivity index (χ0v) is 28.6. The SMILES string of the molecule is CCC(CC)C(=O)/C=C(\O)C(CC)CC.FC(F)CCc1ccnc(-c2[c-]c3ccccc3c(C3CCCCC3)c2)c1.[Ir]. The number of aromatic nitrogens is 1. The van der Waals surface area contributed by atoms with Gasteiger partial charge in [-0.2, -0.15) is 0 Å². The molecule has 0 saturated heterocycles. The molecular formula is C37H48F2IrNO2-. The number of aliphatic hydroxyl groups excluding tert-OH is 1. The topological polar surface area (TPSA) is 50.2 Å². The largest absolute Gasteiger partial charge is 0.512 e. The average molecular weight is 769 g/mol. The van der Waals surface area contributed by atoms with Gasteiger partial charge in [0.2, 0.25) is 6.43 Å². The Morgan fingerprint density at radius 2 is 1.63 bits per heavy atom. The molecule has 43 heavy (non-hydrogen) atoms. The summed E-state index contributed by atoms with van der Waals surface area (Å²) in [6, 6.07) is 17.9. The predicted octanol–water partition coefficient (Wildman–Crippen LogP) is 10.8. The molecule has 6 heteroatoms. The van der Waals surface area contributed by atoms with Crippen LogP contribution >= 0.6 is 0 Å². The number of nitrogens with zero attached hydrogens (tertiary/aromatic N) is 1. The van der Waals surface area contributed by atoms with E-state index in [0.29, 0.717) is 12.3 Å². The first kappa shape index (κ1) is 36.8. The van der Waals surface area contributed by atoms with Crippen molar-refractivity contribution >= 4 is 16.6 Å². The molecule has 1 fully saturated rings. The molecule has 0 spiro atoms. The third-order valence-corrected chi connectivity index (χ3v) is 8.69. The number of alkyl halides is 2. The Hall–Kier alpha value is -2.43. The van der Waals surface area contributed by atoms with Crippen molar-refractivity contribution in [1.82, 2.24) is 4.98 Å². The summed E-state index contributed by atoms with van der Waals surface area (Å²) in [5.74, 6) is 1.13. The molecule has 237 valence electrons. The average Bonchev–Trinajstić information content (AvgIpc) is 3.01. The summed E-state index contributed by atoms with van der Waals surface area (Å²) < 4.78 is 25.1. The number of hydrogen-bond donors (Lipinski definition) is 1. The summed E-state index contributed by atoms with van der Waals surface area (Å²) in [7, 11) is 0. The van der Waals surface area contributed by atoms with Gasteiger partial charge in [0, 0.05) is 56.3 Å². The number of fused-ring (bicyclic) bond motifs is 1. The molecule has 3 nitrogen and oxygen atoms in total. The quantitative estimate of drug-likeness (QED) is 0.113. The Bertz CT molecular complexity index is 1290. The van der Waals surface area contributed by atoms with Crippen molar-refractivity contribution in [3.8, 4) is 11.3 Å². The van der Waals surface area contributed by atoms with E-state index in [0.717, 1.165) is 47.9 Å². The van der Waals surface area contributed by atoms with E-state index in [1.54, 1.807) is 6.20 Å². The van der Waals surface area contributed by atoms with E-state index in [1.165, 1.54) is 49.1 Å². The molecular weight excluding hydrogens is 721 g/mol. The van der Waals surface area contributed by atoms with Gasteiger partial charge in [-0.15, -0.1) is 29.1 Å². The number of allylic oxidation sites excluding steroid dienone is 2. The van der Waals surface area contributed by atoms with Crippen molar-refractivity contribution in [3.63, 3.8) is 0 Å². The van der Waals surface area contributed by atoms with Crippen LogP contribution in [0.5, 0.6) is 0 Å². The molecule has 1 aromatic heterocycles. The number of aliphatic hydroxyl groups is 1. The van der Waals surface area contributed by atoms with E-state index in [2.05, 4.69) is 35.3 Å². The first-order valence-corrected chi connectivity index (χ1v) is 15.9. The second-order valence-corrected chi connectivity index (χ2v) is 11.5. The molecule has 1 heterocycles. The maximum absolute atomic E-state index is 12.6. The number of benzene rings is 2. The van der Waals surface area contributed by atoms with E-state index in [4.69, 9.17) is 0 Å². The molecule has 1 aliphatic carbocycles. The van der Waals surface area contributed by atoms with Crippen LogP contribution in [-0.4, -0.2) is 22.3 Å². The minimum Gasteiger partial charge on any atom is -0.512 e. The summed E-state index contributed by atoms with van der Waals surface area (Å²) >= 11 is 0. The minimum absolute atomic E-state index is 0. The first-order valence-electron chi connectivity index (χ1n) is 15.9. The summed E-state index contributed by atoms with van der Waals surface area (Å²) in [5, 5.41) is 12.1. The predicted molar refractivity (Wildman–Crippen MR) is 170 cm³/mol. The second kappa shape index (κ2) is 19.1. The molecule has 2 aromatic carbocycles. The number of ketones is 1. The van der Waals surface area contributed by atoms with Gasteiger partial charge in [-0.1, -0.05) is 87.7 Å². The van der Waals surface area contributed by atoms with Gasteiger partial charge in [-0.3, -0.25) is 9.78 Å². The molecule has 0 amide bonds. The Morgan fingerprint density at radius 1 is 0.977 bits per heavy atom. The van der Waals surface area contributed by atoms with Gasteiger partial charge in [0.05, 0.1) is 5.76 Å². The molecule has 1 N–H and O–H groups in total. The second-order valence-electron chi connectivity index (χ2n) is 11.5. The van der Waals surface area contributed by atoms with E-state index in [9.17, 15) is 18.7 Å². The molecule has 0 aliphatic heterocycles. The van der Waals surface area contributed by atoms with Crippen LogP contribution in [0.2, 0.25) is 0 Å². The number of halogens is 2. The summed E-state index contributed by atoms with van der Waals surface area (Å²) in [5.41, 5.74) is 4.08. The molecule has 1 aliphatic rings. The summed E-state index contributed by atoms with van der Waals surface area (Å²) in [4.78, 5) is 16.2. The molecule has 1 radical (unpaired) electrons. The maximum atomic E-state index is 12.6. The molecule has 4 rings (SSSR count). The van der Waals surface area contributed by atoms with E-state index in [-0.39, 0.29) is 49.9 Å². The minimum atomic E-state index is -2.27.